The Morgan fingerprint density at radius 2 is 1.65 bits per heavy atom. The van der Waals surface area contributed by atoms with Crippen molar-refractivity contribution >= 4 is 67.2 Å². The molecule has 63 heavy (non-hydrogen) atoms. The summed E-state index contributed by atoms with van der Waals surface area (Å²) in [5.74, 6) is 0.870. The van der Waals surface area contributed by atoms with Gasteiger partial charge in [-0.2, -0.15) is 15.1 Å². The number of ether oxygens (including phenoxy) is 2. The van der Waals surface area contributed by atoms with Gasteiger partial charge in [-0.25, -0.2) is 13.2 Å². The quantitative estimate of drug-likeness (QED) is 0.0924. The number of fused-ring (bicyclic) bond motifs is 7. The summed E-state index contributed by atoms with van der Waals surface area (Å²) >= 11 is 1.45. The Kier molecular flexibility index (Phi) is 10.6. The number of nitrogens with one attached hydrogen (secondary N) is 2. The molecule has 3 aliphatic rings. The number of piperazine rings is 1. The minimum atomic E-state index is -2.94. The molecule has 0 radical (unpaired) electrons. The Morgan fingerprint density at radius 1 is 0.921 bits per heavy atom. The Labute approximate surface area is 370 Å². The Morgan fingerprint density at radius 3 is 2.35 bits per heavy atom. The molecule has 2 N–H and O–H groups in total. The second kappa shape index (κ2) is 15.9. The van der Waals surface area contributed by atoms with E-state index in [4.69, 9.17) is 24.4 Å². The van der Waals surface area contributed by atoms with Gasteiger partial charge in [0.1, 0.15) is 31.1 Å². The van der Waals surface area contributed by atoms with E-state index < -0.39 is 19.4 Å². The number of thiophene rings is 1. The molecule has 2 aliphatic heterocycles. The van der Waals surface area contributed by atoms with Crippen molar-refractivity contribution in [3.8, 4) is 28.7 Å². The van der Waals surface area contributed by atoms with Crippen molar-refractivity contribution in [2.45, 2.75) is 102 Å². The van der Waals surface area contributed by atoms with Gasteiger partial charge in [-0.15, -0.1) is 16.9 Å². The predicted molar refractivity (Wildman–Crippen MR) is 249 cm³/mol. The maximum Gasteiger partial charge on any atom is 0.319 e. The summed E-state index contributed by atoms with van der Waals surface area (Å²) in [6, 6.07) is 17.5. The monoisotopic (exact) mass is 887 g/mol. The lowest BCUT2D eigenvalue weighted by Gasteiger charge is -2.38. The first-order chi connectivity index (χ1) is 30.3. The van der Waals surface area contributed by atoms with Gasteiger partial charge in [0.15, 0.2) is 0 Å². The van der Waals surface area contributed by atoms with Crippen LogP contribution in [0.1, 0.15) is 71.9 Å². The van der Waals surface area contributed by atoms with Gasteiger partial charge in [-0.05, 0) is 58.6 Å². The van der Waals surface area contributed by atoms with Crippen LogP contribution in [0.4, 0.5) is 19.0 Å². The molecule has 14 heteroatoms. The molecule has 326 valence electrons. The summed E-state index contributed by atoms with van der Waals surface area (Å²) in [6.07, 6.45) is 5.36. The van der Waals surface area contributed by atoms with E-state index in [-0.39, 0.29) is 38.1 Å². The first kappa shape index (κ1) is 41.9. The first-order valence-corrected chi connectivity index (χ1v) is 25.2. The highest BCUT2D eigenvalue weighted by atomic mass is 32.1. The van der Waals surface area contributed by atoms with Crippen LogP contribution in [0.3, 0.4) is 0 Å². The van der Waals surface area contributed by atoms with E-state index in [1.165, 1.54) is 17.4 Å². The number of alkyl halides is 2. The van der Waals surface area contributed by atoms with Crippen LogP contribution in [-0.2, 0) is 11.3 Å². The summed E-state index contributed by atoms with van der Waals surface area (Å²) in [7, 11) is -2.25. The first-order valence-electron chi connectivity index (χ1n) is 22.1. The third-order valence-corrected chi connectivity index (χ3v) is 21.5. The third-order valence-electron chi connectivity index (χ3n) is 14.1. The zero-order valence-electron chi connectivity index (χ0n) is 36.5. The number of H-pyrrole nitrogens is 1. The highest BCUT2D eigenvalue weighted by Crippen LogP contribution is 2.61. The largest absolute Gasteiger partial charge is 0.462 e. The zero-order valence-corrected chi connectivity index (χ0v) is 38.3. The molecule has 10 rings (SSSR count). The van der Waals surface area contributed by atoms with Gasteiger partial charge in [-0.3, -0.25) is 10.1 Å². The number of hydrogen-bond donors (Lipinski definition) is 2. The molecule has 0 spiro atoms. The summed E-state index contributed by atoms with van der Waals surface area (Å²) in [6.45, 7) is 14.8. The normalized spacial score (nSPS) is 20.8. The van der Waals surface area contributed by atoms with Crippen molar-refractivity contribution in [2.24, 2.45) is 5.41 Å². The standard InChI is InChI=1S/C49H52F3N7O2SSi/c1-28(2)63(29(3)4,30(5)6)19-17-35-38(50)15-12-32-20-39-37(21-54-58-39)41(40(32)35)43-44-36(16-18-53-43)42-45(59-22-33-13-14-34(23-59)55-33)56-47(57-46(42)62-44)61-27-48(25-49(48,51)52)26-60-24-31-10-8-7-9-11-31/h7-12,15-16,18,20-21,28-30,33-34,55H,13-14,22-27H2,1-6H3,(H,54,58)/t33-,34+,48-/m1/s1. The Hall–Kier alpha value is -5.07. The maximum atomic E-state index is 16.5. The zero-order chi connectivity index (χ0) is 43.8. The van der Waals surface area contributed by atoms with E-state index in [2.05, 4.69) is 73.4 Å². The highest BCUT2D eigenvalue weighted by Gasteiger charge is 2.72. The smallest absolute Gasteiger partial charge is 0.319 e. The van der Waals surface area contributed by atoms with E-state index in [1.54, 1.807) is 18.5 Å². The van der Waals surface area contributed by atoms with E-state index >= 15 is 13.2 Å². The van der Waals surface area contributed by atoms with Gasteiger partial charge in [0, 0.05) is 59.5 Å². The van der Waals surface area contributed by atoms with Gasteiger partial charge in [0.05, 0.1) is 51.7 Å². The SMILES string of the molecule is CC(C)[Si](C#Cc1c(F)ccc2cc3[nH]ncc3c(-c3nccc4c3sc3nc(OC[C@]5(COCc6ccccc6)CC5(F)F)nc(N5C[C@H]6CC[C@@H](C5)N6)c34)c12)(C(C)C)C(C)C. The fourth-order valence-electron chi connectivity index (χ4n) is 10.7. The number of aromatic nitrogens is 5. The summed E-state index contributed by atoms with van der Waals surface area (Å²) in [4.78, 5) is 18.0. The van der Waals surface area contributed by atoms with E-state index in [1.807, 2.05) is 42.5 Å². The molecule has 3 atom stereocenters. The maximum absolute atomic E-state index is 16.5. The molecule has 1 saturated carbocycles. The highest BCUT2D eigenvalue weighted by molar-refractivity contribution is 7.26. The lowest BCUT2D eigenvalue weighted by Crippen LogP contribution is -2.51. The number of pyridine rings is 1. The number of benzene rings is 3. The molecule has 2 bridgehead atoms. The second-order valence-corrected chi connectivity index (χ2v) is 25.4. The fourth-order valence-corrected chi connectivity index (χ4v) is 17.1. The lowest BCUT2D eigenvalue weighted by atomic mass is 9.93. The Balaban J connectivity index is 1.12. The number of halogens is 3. The molecule has 4 aromatic heterocycles. The van der Waals surface area contributed by atoms with Gasteiger partial charge < -0.3 is 19.7 Å². The van der Waals surface area contributed by atoms with Crippen LogP contribution < -0.4 is 15.0 Å². The average Bonchev–Trinajstić information content (AvgIpc) is 3.71. The molecule has 7 aromatic rings. The summed E-state index contributed by atoms with van der Waals surface area (Å²) in [5.41, 5.74) is 6.87. The molecule has 0 unspecified atom stereocenters. The van der Waals surface area contributed by atoms with Crippen LogP contribution in [0.2, 0.25) is 16.6 Å². The van der Waals surface area contributed by atoms with E-state index in [0.717, 1.165) is 68.8 Å². The van der Waals surface area contributed by atoms with Gasteiger partial charge >= 0.3 is 6.01 Å². The lowest BCUT2D eigenvalue weighted by molar-refractivity contribution is -0.0172. The number of hydrogen-bond acceptors (Lipinski definition) is 9. The predicted octanol–water partition coefficient (Wildman–Crippen LogP) is 11.2. The molecule has 9 nitrogen and oxygen atoms in total. The fraction of sp³-hybridized carbons (Fsp3) is 0.429. The molecular formula is C49H52F3N7O2SSi. The van der Waals surface area contributed by atoms with Crippen molar-refractivity contribution in [1.29, 1.82) is 0 Å². The molecule has 1 aliphatic carbocycles. The minimum absolute atomic E-state index is 0.0460. The third kappa shape index (κ3) is 7.16. The van der Waals surface area contributed by atoms with Crippen molar-refractivity contribution in [3.05, 3.63) is 83.9 Å². The number of anilines is 1. The topological polar surface area (TPSA) is 101 Å². The van der Waals surface area contributed by atoms with Crippen LogP contribution in [0, 0.1) is 22.7 Å². The van der Waals surface area contributed by atoms with Crippen LogP contribution in [0.15, 0.2) is 67.0 Å². The molecule has 0 amide bonds. The van der Waals surface area contributed by atoms with Crippen LogP contribution >= 0.6 is 11.3 Å². The number of nitrogens with zero attached hydrogens (tertiary/aromatic N) is 5. The van der Waals surface area contributed by atoms with Crippen LogP contribution in [0.25, 0.3) is 53.2 Å². The molecule has 3 fully saturated rings. The minimum Gasteiger partial charge on any atom is -0.462 e. The molecule has 3 aromatic carbocycles. The van der Waals surface area contributed by atoms with Crippen molar-refractivity contribution in [2.75, 3.05) is 31.2 Å². The molecule has 6 heterocycles. The van der Waals surface area contributed by atoms with E-state index in [0.29, 0.717) is 56.0 Å². The van der Waals surface area contributed by atoms with Crippen molar-refractivity contribution in [1.82, 2.24) is 30.5 Å². The average molecular weight is 888 g/mol. The molecular weight excluding hydrogens is 836 g/mol. The van der Waals surface area contributed by atoms with Gasteiger partial charge in [0.2, 0.25) is 0 Å². The van der Waals surface area contributed by atoms with Crippen molar-refractivity contribution in [3.63, 3.8) is 0 Å². The summed E-state index contributed by atoms with van der Waals surface area (Å²) < 4.78 is 59.7. The van der Waals surface area contributed by atoms with Crippen LogP contribution in [0.5, 0.6) is 6.01 Å². The molecule has 2 saturated heterocycles. The number of aromatic amines is 1. The van der Waals surface area contributed by atoms with Crippen molar-refractivity contribution < 1.29 is 22.6 Å². The van der Waals surface area contributed by atoms with Gasteiger partial charge in [-0.1, -0.05) is 83.9 Å². The Bertz CT molecular complexity index is 2910. The van der Waals surface area contributed by atoms with Gasteiger partial charge in [0.25, 0.3) is 5.92 Å². The van der Waals surface area contributed by atoms with Crippen LogP contribution in [-0.4, -0.2) is 77.5 Å². The summed E-state index contributed by atoms with van der Waals surface area (Å²) in [5, 5.41) is 15.4. The number of rotatable bonds is 12. The second-order valence-electron chi connectivity index (χ2n) is 18.9. The van der Waals surface area contributed by atoms with E-state index in [9.17, 15) is 0 Å².